The van der Waals surface area contributed by atoms with E-state index in [0.717, 1.165) is 25.9 Å². The van der Waals surface area contributed by atoms with Gasteiger partial charge in [-0.05, 0) is 24.8 Å². The second kappa shape index (κ2) is 2.70. The van der Waals surface area contributed by atoms with Crippen molar-refractivity contribution >= 4 is 5.78 Å². The Hall–Kier alpha value is -0.630. The second-order valence-corrected chi connectivity index (χ2v) is 3.91. The number of hydrogen-bond acceptors (Lipinski definition) is 2. The smallest absolute Gasteiger partial charge is 0.187 e. The van der Waals surface area contributed by atoms with Gasteiger partial charge in [-0.25, -0.2) is 0 Å². The third kappa shape index (κ3) is 1.11. The average Bonchev–Trinajstić information content (AvgIpc) is 2.33. The summed E-state index contributed by atoms with van der Waals surface area (Å²) in [6, 6.07) is 0. The van der Waals surface area contributed by atoms with Crippen LogP contribution in [0.4, 0.5) is 0 Å². The molecule has 1 saturated heterocycles. The van der Waals surface area contributed by atoms with Crippen molar-refractivity contribution in [2.45, 2.75) is 31.8 Å². The summed E-state index contributed by atoms with van der Waals surface area (Å²) in [4.78, 5) is 11.5. The van der Waals surface area contributed by atoms with Crippen LogP contribution >= 0.6 is 0 Å². The van der Waals surface area contributed by atoms with Gasteiger partial charge in [0.2, 0.25) is 0 Å². The Morgan fingerprint density at radius 1 is 1.67 bits per heavy atom. The molecule has 2 nitrogen and oxygen atoms in total. The molecule has 2 heteroatoms. The number of hydrogen-bond donors (Lipinski definition) is 0. The van der Waals surface area contributed by atoms with Crippen molar-refractivity contribution < 1.29 is 9.53 Å². The van der Waals surface area contributed by atoms with E-state index in [1.165, 1.54) is 0 Å². The van der Waals surface area contributed by atoms with E-state index in [1.807, 2.05) is 6.08 Å². The Balaban J connectivity index is 2.15. The molecule has 0 aromatic heterocycles. The molecule has 0 saturated carbocycles. The normalized spacial score (nSPS) is 41.1. The van der Waals surface area contributed by atoms with E-state index in [4.69, 9.17) is 4.74 Å². The molecule has 2 rings (SSSR count). The monoisotopic (exact) mass is 166 g/mol. The Labute approximate surface area is 72.6 Å². The topological polar surface area (TPSA) is 26.3 Å². The van der Waals surface area contributed by atoms with Gasteiger partial charge in [-0.1, -0.05) is 13.0 Å². The number of ether oxygens (including phenoxy) is 1. The fraction of sp³-hybridized carbons (Fsp3) is 0.700. The number of carbonyl (C=O) groups is 1. The zero-order valence-corrected chi connectivity index (χ0v) is 7.38. The minimum absolute atomic E-state index is 0.175. The predicted octanol–water partition coefficient (Wildman–Crippen LogP) is 1.70. The molecular formula is C10H14O2. The molecular weight excluding hydrogens is 152 g/mol. The molecule has 2 atom stereocenters. The van der Waals surface area contributed by atoms with Crippen LogP contribution in [0, 0.1) is 5.92 Å². The maximum atomic E-state index is 11.5. The van der Waals surface area contributed by atoms with Crippen molar-refractivity contribution in [3.63, 3.8) is 0 Å². The van der Waals surface area contributed by atoms with Crippen molar-refractivity contribution in [3.05, 3.63) is 12.2 Å². The summed E-state index contributed by atoms with van der Waals surface area (Å²) in [6.07, 6.45) is 6.38. The van der Waals surface area contributed by atoms with Crippen LogP contribution in [-0.4, -0.2) is 18.0 Å². The van der Waals surface area contributed by atoms with Gasteiger partial charge in [0, 0.05) is 13.0 Å². The van der Waals surface area contributed by atoms with Crippen molar-refractivity contribution in [3.8, 4) is 0 Å². The first-order valence-electron chi connectivity index (χ1n) is 4.58. The molecule has 1 aliphatic heterocycles. The van der Waals surface area contributed by atoms with Crippen LogP contribution in [0.2, 0.25) is 0 Å². The van der Waals surface area contributed by atoms with Crippen LogP contribution in [0.3, 0.4) is 0 Å². The second-order valence-electron chi connectivity index (χ2n) is 3.91. The zero-order chi connectivity index (χ0) is 8.60. The first-order valence-corrected chi connectivity index (χ1v) is 4.58. The molecule has 1 unspecified atom stereocenters. The van der Waals surface area contributed by atoms with E-state index in [9.17, 15) is 4.79 Å². The maximum absolute atomic E-state index is 11.5. The molecule has 0 bridgehead atoms. The van der Waals surface area contributed by atoms with Gasteiger partial charge in [0.05, 0.1) is 0 Å². The molecule has 0 amide bonds. The highest BCUT2D eigenvalue weighted by Crippen LogP contribution is 2.36. The van der Waals surface area contributed by atoms with Crippen LogP contribution < -0.4 is 0 Å². The largest absolute Gasteiger partial charge is 0.366 e. The van der Waals surface area contributed by atoms with E-state index < -0.39 is 5.60 Å². The minimum Gasteiger partial charge on any atom is -0.366 e. The summed E-state index contributed by atoms with van der Waals surface area (Å²) in [7, 11) is 0. The van der Waals surface area contributed by atoms with E-state index >= 15 is 0 Å². The van der Waals surface area contributed by atoms with Gasteiger partial charge in [0.25, 0.3) is 0 Å². The van der Waals surface area contributed by atoms with Crippen LogP contribution in [0.15, 0.2) is 12.2 Å². The van der Waals surface area contributed by atoms with E-state index in [0.29, 0.717) is 5.92 Å². The van der Waals surface area contributed by atoms with E-state index in [2.05, 4.69) is 6.92 Å². The minimum atomic E-state index is -0.447. The summed E-state index contributed by atoms with van der Waals surface area (Å²) in [6.45, 7) is 2.93. The van der Waals surface area contributed by atoms with Gasteiger partial charge < -0.3 is 4.74 Å². The molecule has 12 heavy (non-hydrogen) atoms. The van der Waals surface area contributed by atoms with Crippen molar-refractivity contribution in [1.29, 1.82) is 0 Å². The highest BCUT2D eigenvalue weighted by molar-refractivity contribution is 5.99. The summed E-state index contributed by atoms with van der Waals surface area (Å²) in [5.74, 6) is 0.802. The molecule has 0 radical (unpaired) electrons. The molecule has 1 fully saturated rings. The van der Waals surface area contributed by atoms with Crippen LogP contribution in [0.5, 0.6) is 0 Å². The fourth-order valence-corrected chi connectivity index (χ4v) is 2.10. The zero-order valence-electron chi connectivity index (χ0n) is 7.38. The molecule has 1 aliphatic carbocycles. The van der Waals surface area contributed by atoms with Gasteiger partial charge in [-0.15, -0.1) is 0 Å². The quantitative estimate of drug-likeness (QED) is 0.547. The number of ketones is 1. The Morgan fingerprint density at radius 3 is 3.08 bits per heavy atom. The molecule has 66 valence electrons. The van der Waals surface area contributed by atoms with Crippen LogP contribution in [-0.2, 0) is 9.53 Å². The Bertz CT molecular complexity index is 232. The van der Waals surface area contributed by atoms with Crippen molar-refractivity contribution in [2.75, 3.05) is 6.61 Å². The highest BCUT2D eigenvalue weighted by atomic mass is 16.5. The standard InChI is InChI=1S/C10H14O2/c1-8-4-6-12-10(7-8)5-2-3-9(10)11/h2-3,8H,4-7H2,1H3/t8?,10-/m0/s1. The van der Waals surface area contributed by atoms with Gasteiger partial charge in [0.15, 0.2) is 5.78 Å². The Morgan fingerprint density at radius 2 is 2.50 bits per heavy atom. The van der Waals surface area contributed by atoms with E-state index in [-0.39, 0.29) is 5.78 Å². The number of carbonyl (C=O) groups excluding carboxylic acids is 1. The van der Waals surface area contributed by atoms with Gasteiger partial charge in [-0.3, -0.25) is 4.79 Å². The highest BCUT2D eigenvalue weighted by Gasteiger charge is 2.43. The third-order valence-electron chi connectivity index (χ3n) is 2.83. The van der Waals surface area contributed by atoms with Crippen molar-refractivity contribution in [1.82, 2.24) is 0 Å². The molecule has 0 N–H and O–H groups in total. The van der Waals surface area contributed by atoms with Crippen molar-refractivity contribution in [2.24, 2.45) is 5.92 Å². The van der Waals surface area contributed by atoms with Gasteiger partial charge in [0.1, 0.15) is 5.60 Å². The molecule has 1 heterocycles. The number of rotatable bonds is 0. The third-order valence-corrected chi connectivity index (χ3v) is 2.83. The molecule has 0 aromatic rings. The first-order chi connectivity index (χ1) is 5.73. The lowest BCUT2D eigenvalue weighted by molar-refractivity contribution is -0.147. The summed E-state index contributed by atoms with van der Waals surface area (Å²) in [5.41, 5.74) is -0.447. The van der Waals surface area contributed by atoms with Crippen LogP contribution in [0.25, 0.3) is 0 Å². The van der Waals surface area contributed by atoms with E-state index in [1.54, 1.807) is 6.08 Å². The van der Waals surface area contributed by atoms with Crippen LogP contribution in [0.1, 0.15) is 26.2 Å². The Kier molecular flexibility index (Phi) is 1.80. The van der Waals surface area contributed by atoms with Gasteiger partial charge in [-0.2, -0.15) is 0 Å². The lowest BCUT2D eigenvalue weighted by Gasteiger charge is -2.35. The maximum Gasteiger partial charge on any atom is 0.187 e. The summed E-state index contributed by atoms with van der Waals surface area (Å²) >= 11 is 0. The first kappa shape index (κ1) is 7.99. The molecule has 2 aliphatic rings. The molecule has 0 aromatic carbocycles. The predicted molar refractivity (Wildman–Crippen MR) is 45.8 cm³/mol. The summed E-state index contributed by atoms with van der Waals surface area (Å²) in [5, 5.41) is 0. The lowest BCUT2D eigenvalue weighted by Crippen LogP contribution is -2.43. The summed E-state index contributed by atoms with van der Waals surface area (Å²) < 4.78 is 5.60. The van der Waals surface area contributed by atoms with Gasteiger partial charge >= 0.3 is 0 Å². The molecule has 1 spiro atoms. The lowest BCUT2D eigenvalue weighted by atomic mass is 9.84. The fourth-order valence-electron chi connectivity index (χ4n) is 2.10. The average molecular weight is 166 g/mol. The SMILES string of the molecule is CC1CCO[C@@]2(CC=CC2=O)C1.